The fourth-order valence-electron chi connectivity index (χ4n) is 2.96. The summed E-state index contributed by atoms with van der Waals surface area (Å²) in [6.45, 7) is 3.14. The smallest absolute Gasteiger partial charge is 0.173 e. The molecule has 0 aliphatic carbocycles. The first-order valence-corrected chi connectivity index (χ1v) is 8.83. The van der Waals surface area contributed by atoms with Gasteiger partial charge in [0, 0.05) is 50.1 Å². The number of benzene rings is 2. The quantitative estimate of drug-likeness (QED) is 0.799. The highest BCUT2D eigenvalue weighted by molar-refractivity contribution is 7.80. The van der Waals surface area contributed by atoms with Gasteiger partial charge in [-0.15, -0.1) is 0 Å². The lowest BCUT2D eigenvalue weighted by Crippen LogP contribution is -2.50. The maximum Gasteiger partial charge on any atom is 0.173 e. The van der Waals surface area contributed by atoms with E-state index < -0.39 is 0 Å². The summed E-state index contributed by atoms with van der Waals surface area (Å²) in [5.74, 6) is 1.73. The van der Waals surface area contributed by atoms with E-state index in [2.05, 4.69) is 15.1 Å². The molecule has 2 N–H and O–H groups in total. The van der Waals surface area contributed by atoms with Gasteiger partial charge >= 0.3 is 0 Å². The summed E-state index contributed by atoms with van der Waals surface area (Å²) >= 11 is 5.56. The summed E-state index contributed by atoms with van der Waals surface area (Å²) < 4.78 is 10.6. The Morgan fingerprint density at radius 3 is 2.19 bits per heavy atom. The SMILES string of the molecule is COc1cc(NC(=S)N2CCN(c3ccccc3O)CC2)cc(OC)c1. The van der Waals surface area contributed by atoms with E-state index in [0.29, 0.717) is 22.4 Å². The molecule has 1 saturated heterocycles. The number of aromatic hydroxyl groups is 1. The zero-order chi connectivity index (χ0) is 18.5. The van der Waals surface area contributed by atoms with Gasteiger partial charge in [0.1, 0.15) is 17.2 Å². The van der Waals surface area contributed by atoms with Gasteiger partial charge in [0.2, 0.25) is 0 Å². The first kappa shape index (κ1) is 18.1. The lowest BCUT2D eigenvalue weighted by molar-refractivity contribution is 0.386. The third-order valence-electron chi connectivity index (χ3n) is 4.39. The maximum atomic E-state index is 10.0. The third kappa shape index (κ3) is 4.11. The highest BCUT2D eigenvalue weighted by Gasteiger charge is 2.21. The number of rotatable bonds is 4. The molecule has 1 aliphatic rings. The van der Waals surface area contributed by atoms with Crippen LogP contribution in [-0.2, 0) is 0 Å². The summed E-state index contributed by atoms with van der Waals surface area (Å²) in [4.78, 5) is 4.29. The minimum atomic E-state index is 0.310. The Hall–Kier alpha value is -2.67. The summed E-state index contributed by atoms with van der Waals surface area (Å²) in [5.41, 5.74) is 1.69. The van der Waals surface area contributed by atoms with E-state index in [1.807, 2.05) is 36.4 Å². The van der Waals surface area contributed by atoms with Crippen molar-refractivity contribution in [1.29, 1.82) is 0 Å². The number of phenolic OH excluding ortho intramolecular Hbond substituents is 1. The van der Waals surface area contributed by atoms with E-state index in [0.717, 1.165) is 37.6 Å². The van der Waals surface area contributed by atoms with Gasteiger partial charge in [-0.1, -0.05) is 12.1 Å². The van der Waals surface area contributed by atoms with E-state index in [1.54, 1.807) is 20.3 Å². The van der Waals surface area contributed by atoms with Gasteiger partial charge < -0.3 is 29.7 Å². The fraction of sp³-hybridized carbons (Fsp3) is 0.316. The Balaban J connectivity index is 1.61. The molecule has 1 fully saturated rings. The van der Waals surface area contributed by atoms with Crippen LogP contribution >= 0.6 is 12.2 Å². The van der Waals surface area contributed by atoms with Crippen molar-refractivity contribution in [2.75, 3.05) is 50.6 Å². The Kier molecular flexibility index (Phi) is 5.68. The molecule has 1 heterocycles. The van der Waals surface area contributed by atoms with Crippen LogP contribution in [0.15, 0.2) is 42.5 Å². The molecule has 138 valence electrons. The van der Waals surface area contributed by atoms with Crippen LogP contribution < -0.4 is 19.7 Å². The molecule has 7 heteroatoms. The first-order chi connectivity index (χ1) is 12.6. The number of piperazine rings is 1. The van der Waals surface area contributed by atoms with Crippen LogP contribution in [0, 0.1) is 0 Å². The Morgan fingerprint density at radius 1 is 1.00 bits per heavy atom. The number of phenols is 1. The molecule has 0 spiro atoms. The van der Waals surface area contributed by atoms with E-state index in [1.165, 1.54) is 0 Å². The van der Waals surface area contributed by atoms with Crippen molar-refractivity contribution in [3.8, 4) is 17.2 Å². The van der Waals surface area contributed by atoms with Crippen LogP contribution in [0.5, 0.6) is 17.2 Å². The second-order valence-corrected chi connectivity index (χ2v) is 6.38. The van der Waals surface area contributed by atoms with Gasteiger partial charge in [-0.05, 0) is 24.4 Å². The minimum absolute atomic E-state index is 0.310. The topological polar surface area (TPSA) is 57.2 Å². The first-order valence-electron chi connectivity index (χ1n) is 8.42. The van der Waals surface area contributed by atoms with E-state index in [-0.39, 0.29) is 0 Å². The summed E-state index contributed by atoms with van der Waals surface area (Å²) in [5, 5.41) is 13.9. The Morgan fingerprint density at radius 2 is 1.62 bits per heavy atom. The molecule has 26 heavy (non-hydrogen) atoms. The second-order valence-electron chi connectivity index (χ2n) is 5.99. The summed E-state index contributed by atoms with van der Waals surface area (Å²) in [6, 6.07) is 13.0. The lowest BCUT2D eigenvalue weighted by atomic mass is 10.2. The largest absolute Gasteiger partial charge is 0.506 e. The number of anilines is 2. The van der Waals surface area contributed by atoms with Crippen LogP contribution in [-0.4, -0.2) is 55.5 Å². The number of nitrogens with zero attached hydrogens (tertiary/aromatic N) is 2. The van der Waals surface area contributed by atoms with Gasteiger partial charge in [-0.2, -0.15) is 0 Å². The molecule has 3 rings (SSSR count). The van der Waals surface area contributed by atoms with Crippen LogP contribution in [0.25, 0.3) is 0 Å². The molecule has 0 radical (unpaired) electrons. The third-order valence-corrected chi connectivity index (χ3v) is 4.75. The van der Waals surface area contributed by atoms with Crippen LogP contribution in [0.3, 0.4) is 0 Å². The van der Waals surface area contributed by atoms with Crippen molar-refractivity contribution in [3.63, 3.8) is 0 Å². The standard InChI is InChI=1S/C19H23N3O3S/c1-24-15-11-14(12-16(13-15)25-2)20-19(26)22-9-7-21(8-10-22)17-5-3-4-6-18(17)23/h3-6,11-13,23H,7-10H2,1-2H3,(H,20,26). The van der Waals surface area contributed by atoms with E-state index in [9.17, 15) is 5.11 Å². The highest BCUT2D eigenvalue weighted by atomic mass is 32.1. The monoisotopic (exact) mass is 373 g/mol. The molecular weight excluding hydrogens is 350 g/mol. The van der Waals surface area contributed by atoms with Gasteiger partial charge in [-0.3, -0.25) is 0 Å². The average Bonchev–Trinajstić information content (AvgIpc) is 2.68. The van der Waals surface area contributed by atoms with Crippen molar-refractivity contribution in [1.82, 2.24) is 4.90 Å². The molecule has 0 amide bonds. The Labute approximate surface area is 158 Å². The molecule has 0 atom stereocenters. The zero-order valence-electron chi connectivity index (χ0n) is 14.9. The second kappa shape index (κ2) is 8.14. The molecule has 2 aromatic carbocycles. The van der Waals surface area contributed by atoms with E-state index in [4.69, 9.17) is 21.7 Å². The van der Waals surface area contributed by atoms with Crippen molar-refractivity contribution in [2.24, 2.45) is 0 Å². The van der Waals surface area contributed by atoms with Crippen molar-refractivity contribution >= 4 is 28.7 Å². The molecule has 6 nitrogen and oxygen atoms in total. The normalized spacial score (nSPS) is 14.1. The Bertz CT molecular complexity index is 754. The van der Waals surface area contributed by atoms with Gasteiger partial charge in [0.25, 0.3) is 0 Å². The number of hydrogen-bond donors (Lipinski definition) is 2. The summed E-state index contributed by atoms with van der Waals surface area (Å²) in [7, 11) is 3.24. The number of methoxy groups -OCH3 is 2. The van der Waals surface area contributed by atoms with Crippen LogP contribution in [0.4, 0.5) is 11.4 Å². The number of para-hydroxylation sites is 2. The summed E-state index contributed by atoms with van der Waals surface area (Å²) in [6.07, 6.45) is 0. The predicted molar refractivity (Wildman–Crippen MR) is 108 cm³/mol. The predicted octanol–water partition coefficient (Wildman–Crippen LogP) is 2.93. The molecule has 0 aromatic heterocycles. The van der Waals surface area contributed by atoms with Crippen LogP contribution in [0.1, 0.15) is 0 Å². The average molecular weight is 373 g/mol. The van der Waals surface area contributed by atoms with Crippen molar-refractivity contribution < 1.29 is 14.6 Å². The molecule has 0 unspecified atom stereocenters. The van der Waals surface area contributed by atoms with Gasteiger partial charge in [-0.25, -0.2) is 0 Å². The number of nitrogens with one attached hydrogen (secondary N) is 1. The maximum absolute atomic E-state index is 10.0. The van der Waals surface area contributed by atoms with Crippen LogP contribution in [0.2, 0.25) is 0 Å². The number of thiocarbonyl (C=S) groups is 1. The highest BCUT2D eigenvalue weighted by Crippen LogP contribution is 2.28. The number of ether oxygens (including phenoxy) is 2. The molecule has 0 saturated carbocycles. The van der Waals surface area contributed by atoms with Gasteiger partial charge in [0.05, 0.1) is 19.9 Å². The van der Waals surface area contributed by atoms with Crippen molar-refractivity contribution in [2.45, 2.75) is 0 Å². The molecule has 1 aliphatic heterocycles. The molecular formula is C19H23N3O3S. The molecule has 0 bridgehead atoms. The minimum Gasteiger partial charge on any atom is -0.506 e. The number of hydrogen-bond acceptors (Lipinski definition) is 5. The van der Waals surface area contributed by atoms with E-state index >= 15 is 0 Å². The van der Waals surface area contributed by atoms with Gasteiger partial charge in [0.15, 0.2) is 5.11 Å². The fourth-order valence-corrected chi connectivity index (χ4v) is 3.26. The van der Waals surface area contributed by atoms with Crippen molar-refractivity contribution in [3.05, 3.63) is 42.5 Å². The lowest BCUT2D eigenvalue weighted by Gasteiger charge is -2.37. The molecule has 2 aromatic rings. The zero-order valence-corrected chi connectivity index (χ0v) is 15.8.